The van der Waals surface area contributed by atoms with Gasteiger partial charge in [0.1, 0.15) is 0 Å². The van der Waals surface area contributed by atoms with Crippen LogP contribution in [0.5, 0.6) is 0 Å². The summed E-state index contributed by atoms with van der Waals surface area (Å²) in [4.78, 5) is 27.1. The molecular formula is C23H23NO3. The van der Waals surface area contributed by atoms with Crippen molar-refractivity contribution in [1.82, 2.24) is 4.90 Å². The van der Waals surface area contributed by atoms with E-state index in [1.807, 2.05) is 61.5 Å². The molecule has 2 aromatic carbocycles. The molecule has 0 aromatic heterocycles. The topological polar surface area (TPSA) is 46.6 Å². The van der Waals surface area contributed by atoms with E-state index in [1.54, 1.807) is 17.9 Å². The van der Waals surface area contributed by atoms with Crippen molar-refractivity contribution >= 4 is 18.0 Å². The number of benzene rings is 2. The fourth-order valence-electron chi connectivity index (χ4n) is 3.21. The van der Waals surface area contributed by atoms with E-state index in [1.165, 1.54) is 7.11 Å². The van der Waals surface area contributed by atoms with E-state index in [-0.39, 0.29) is 5.91 Å². The summed E-state index contributed by atoms with van der Waals surface area (Å²) < 4.78 is 4.93. The van der Waals surface area contributed by atoms with Crippen LogP contribution < -0.4 is 0 Å². The van der Waals surface area contributed by atoms with Gasteiger partial charge in [0.15, 0.2) is 0 Å². The highest BCUT2D eigenvalue weighted by Gasteiger charge is 2.36. The molecule has 3 rings (SSSR count). The first-order valence-electron chi connectivity index (χ1n) is 8.95. The second-order valence-corrected chi connectivity index (χ2v) is 6.61. The van der Waals surface area contributed by atoms with Crippen molar-refractivity contribution in [2.24, 2.45) is 0 Å². The van der Waals surface area contributed by atoms with E-state index in [4.69, 9.17) is 4.74 Å². The number of rotatable bonds is 5. The van der Waals surface area contributed by atoms with Crippen LogP contribution in [0.25, 0.3) is 6.08 Å². The summed E-state index contributed by atoms with van der Waals surface area (Å²) in [5, 5.41) is 0. The number of ether oxygens (including phenoxy) is 1. The minimum atomic E-state index is -0.485. The summed E-state index contributed by atoms with van der Waals surface area (Å²) in [5.41, 5.74) is 4.53. The Morgan fingerprint density at radius 3 is 2.33 bits per heavy atom. The van der Waals surface area contributed by atoms with Crippen LogP contribution in [0.1, 0.15) is 23.6 Å². The van der Waals surface area contributed by atoms with Gasteiger partial charge in [0.25, 0.3) is 5.91 Å². The van der Waals surface area contributed by atoms with E-state index in [9.17, 15) is 9.59 Å². The quantitative estimate of drug-likeness (QED) is 0.599. The monoisotopic (exact) mass is 361 g/mol. The lowest BCUT2D eigenvalue weighted by Crippen LogP contribution is -2.27. The molecule has 0 N–H and O–H groups in total. The Hall–Kier alpha value is -3.14. The minimum absolute atomic E-state index is 0.163. The molecule has 1 aliphatic heterocycles. The van der Waals surface area contributed by atoms with E-state index in [0.717, 1.165) is 23.1 Å². The molecule has 0 radical (unpaired) electrons. The number of carbonyl (C=O) groups excluding carboxylic acids is 2. The molecule has 27 heavy (non-hydrogen) atoms. The summed E-state index contributed by atoms with van der Waals surface area (Å²) >= 11 is 0. The van der Waals surface area contributed by atoms with Crippen molar-refractivity contribution < 1.29 is 14.3 Å². The Kier molecular flexibility index (Phi) is 5.55. The van der Waals surface area contributed by atoms with Crippen molar-refractivity contribution in [2.75, 3.05) is 13.7 Å². The molecule has 4 heteroatoms. The second-order valence-electron chi connectivity index (χ2n) is 6.61. The van der Waals surface area contributed by atoms with Crippen molar-refractivity contribution in [3.63, 3.8) is 0 Å². The van der Waals surface area contributed by atoms with Crippen molar-refractivity contribution in [3.8, 4) is 0 Å². The predicted molar refractivity (Wildman–Crippen MR) is 106 cm³/mol. The van der Waals surface area contributed by atoms with Gasteiger partial charge in [0.2, 0.25) is 0 Å². The van der Waals surface area contributed by atoms with Crippen LogP contribution in [0.4, 0.5) is 0 Å². The molecule has 4 nitrogen and oxygen atoms in total. The molecular weight excluding hydrogens is 338 g/mol. The number of hydrogen-bond donors (Lipinski definition) is 0. The number of allylic oxidation sites excluding steroid dienone is 1. The van der Waals surface area contributed by atoms with Gasteiger partial charge in [-0.3, -0.25) is 4.79 Å². The van der Waals surface area contributed by atoms with Gasteiger partial charge in [-0.2, -0.15) is 0 Å². The van der Waals surface area contributed by atoms with Crippen molar-refractivity contribution in [1.29, 1.82) is 0 Å². The third-order valence-electron chi connectivity index (χ3n) is 4.76. The van der Waals surface area contributed by atoms with Crippen molar-refractivity contribution in [3.05, 3.63) is 88.1 Å². The molecule has 0 bridgehead atoms. The van der Waals surface area contributed by atoms with Crippen LogP contribution in [0.2, 0.25) is 0 Å². The maximum atomic E-state index is 13.0. The Balaban J connectivity index is 1.92. The lowest BCUT2D eigenvalue weighted by molar-refractivity contribution is -0.136. The summed E-state index contributed by atoms with van der Waals surface area (Å²) in [6.07, 6.45) is 2.48. The summed E-state index contributed by atoms with van der Waals surface area (Å²) in [6.45, 7) is 4.32. The largest absolute Gasteiger partial charge is 0.465 e. The average molecular weight is 361 g/mol. The van der Waals surface area contributed by atoms with Crippen LogP contribution in [-0.2, 0) is 20.7 Å². The Morgan fingerprint density at radius 2 is 1.70 bits per heavy atom. The highest BCUT2D eigenvalue weighted by atomic mass is 16.5. The molecule has 0 saturated carbocycles. The van der Waals surface area contributed by atoms with Gasteiger partial charge in [-0.05, 0) is 37.5 Å². The molecule has 138 valence electrons. The molecule has 0 spiro atoms. The third kappa shape index (κ3) is 4.00. The number of esters is 1. The number of hydrogen-bond acceptors (Lipinski definition) is 3. The molecule has 0 atom stereocenters. The van der Waals surface area contributed by atoms with E-state index in [2.05, 4.69) is 0 Å². The minimum Gasteiger partial charge on any atom is -0.465 e. The molecule has 0 saturated heterocycles. The lowest BCUT2D eigenvalue weighted by Gasteiger charge is -2.17. The number of nitrogens with zero attached hydrogens (tertiary/aromatic N) is 1. The number of carbonyl (C=O) groups is 2. The number of amides is 1. The molecule has 2 aromatic rings. The highest BCUT2D eigenvalue weighted by Crippen LogP contribution is 2.31. The third-order valence-corrected chi connectivity index (χ3v) is 4.76. The van der Waals surface area contributed by atoms with Crippen LogP contribution in [0, 0.1) is 6.92 Å². The van der Waals surface area contributed by atoms with E-state index < -0.39 is 5.97 Å². The van der Waals surface area contributed by atoms with Gasteiger partial charge in [0.05, 0.1) is 18.3 Å². The van der Waals surface area contributed by atoms with Gasteiger partial charge >= 0.3 is 5.97 Å². The maximum absolute atomic E-state index is 13.0. The van der Waals surface area contributed by atoms with Crippen LogP contribution in [0.15, 0.2) is 71.4 Å². The smallest absolute Gasteiger partial charge is 0.340 e. The predicted octanol–water partition coefficient (Wildman–Crippen LogP) is 3.91. The van der Waals surface area contributed by atoms with Gasteiger partial charge in [-0.25, -0.2) is 4.79 Å². The molecule has 1 heterocycles. The zero-order valence-corrected chi connectivity index (χ0v) is 15.9. The first kappa shape index (κ1) is 18.6. The fraction of sp³-hybridized carbons (Fsp3) is 0.217. The standard InChI is InChI=1S/C23H23NO3/c1-16-9-11-19(12-10-16)15-20-21(23(26)27-3)17(2)24(22(20)25)14-13-18-7-5-4-6-8-18/h4-12,15H,13-14H2,1-3H3/b20-15-. The van der Waals surface area contributed by atoms with Crippen LogP contribution in [-0.4, -0.2) is 30.4 Å². The van der Waals surface area contributed by atoms with Gasteiger partial charge < -0.3 is 9.64 Å². The van der Waals surface area contributed by atoms with E-state index in [0.29, 0.717) is 23.4 Å². The average Bonchev–Trinajstić information content (AvgIpc) is 2.92. The van der Waals surface area contributed by atoms with Crippen LogP contribution in [0.3, 0.4) is 0 Å². The molecule has 0 unspecified atom stereocenters. The molecule has 0 fully saturated rings. The Morgan fingerprint density at radius 1 is 1.04 bits per heavy atom. The van der Waals surface area contributed by atoms with Gasteiger partial charge in [-0.1, -0.05) is 60.2 Å². The first-order chi connectivity index (χ1) is 13.0. The highest BCUT2D eigenvalue weighted by molar-refractivity contribution is 6.16. The Bertz CT molecular complexity index is 908. The first-order valence-corrected chi connectivity index (χ1v) is 8.95. The summed E-state index contributed by atoms with van der Waals surface area (Å²) in [6, 6.07) is 17.8. The lowest BCUT2D eigenvalue weighted by atomic mass is 10.0. The van der Waals surface area contributed by atoms with E-state index >= 15 is 0 Å². The molecule has 0 aliphatic carbocycles. The zero-order chi connectivity index (χ0) is 19.4. The summed E-state index contributed by atoms with van der Waals surface area (Å²) in [5.74, 6) is -0.647. The van der Waals surface area contributed by atoms with Gasteiger partial charge in [-0.15, -0.1) is 0 Å². The number of aryl methyl sites for hydroxylation is 1. The number of methoxy groups -OCH3 is 1. The normalized spacial score (nSPS) is 15.6. The van der Waals surface area contributed by atoms with Crippen molar-refractivity contribution in [2.45, 2.75) is 20.3 Å². The zero-order valence-electron chi connectivity index (χ0n) is 15.9. The SMILES string of the molecule is COC(=O)C1=C(C)N(CCc2ccccc2)C(=O)/C1=C\c1ccc(C)cc1. The molecule has 1 amide bonds. The van der Waals surface area contributed by atoms with Gasteiger partial charge in [0, 0.05) is 12.2 Å². The Labute approximate surface area is 159 Å². The molecule has 1 aliphatic rings. The van der Waals surface area contributed by atoms with Crippen LogP contribution >= 0.6 is 0 Å². The summed E-state index contributed by atoms with van der Waals surface area (Å²) in [7, 11) is 1.34. The second kappa shape index (κ2) is 8.04. The maximum Gasteiger partial charge on any atom is 0.340 e. The fourth-order valence-corrected chi connectivity index (χ4v) is 3.21.